The Morgan fingerprint density at radius 2 is 1.93 bits per heavy atom. The largest absolute Gasteiger partial charge is 0.508 e. The number of carbonyl (C=O) groups is 1. The van der Waals surface area contributed by atoms with Crippen LogP contribution in [0.25, 0.3) is 0 Å². The molecule has 3 rings (SSSR count). The van der Waals surface area contributed by atoms with Gasteiger partial charge in [-0.15, -0.1) is 0 Å². The number of hydrogen-bond donors (Lipinski definition) is 2. The van der Waals surface area contributed by atoms with Crippen LogP contribution in [0.15, 0.2) is 66.7 Å². The molecule has 4 heteroatoms. The first-order chi connectivity index (χ1) is 13.1. The Morgan fingerprint density at radius 3 is 2.67 bits per heavy atom. The number of allylic oxidation sites excluding steroid dienone is 2. The lowest BCUT2D eigenvalue weighted by Gasteiger charge is -2.28. The fraction of sp³-hybridized carbons (Fsp3) is 0.348. The third kappa shape index (κ3) is 5.44. The number of rotatable bonds is 8. The molecule has 1 aliphatic rings. The van der Waals surface area contributed by atoms with Crippen LogP contribution in [-0.2, 0) is 11.3 Å². The molecular weight excluding hydrogens is 338 g/mol. The van der Waals surface area contributed by atoms with E-state index in [2.05, 4.69) is 41.3 Å². The topological polar surface area (TPSA) is 60.8 Å². The summed E-state index contributed by atoms with van der Waals surface area (Å²) in [5.74, 6) is -0.00130. The molecule has 2 unspecified atom stereocenters. The lowest BCUT2D eigenvalue weighted by atomic mass is 9.90. The summed E-state index contributed by atoms with van der Waals surface area (Å²) in [6, 6.07) is 18.3. The first-order valence-corrected chi connectivity index (χ1v) is 9.57. The Morgan fingerprint density at radius 1 is 1.11 bits per heavy atom. The molecule has 0 aromatic heterocycles. The van der Waals surface area contributed by atoms with Crippen molar-refractivity contribution in [2.75, 3.05) is 6.54 Å². The van der Waals surface area contributed by atoms with Crippen LogP contribution < -0.4 is 0 Å². The van der Waals surface area contributed by atoms with Crippen LogP contribution in [0.2, 0.25) is 0 Å². The molecule has 142 valence electrons. The predicted molar refractivity (Wildman–Crippen MR) is 106 cm³/mol. The van der Waals surface area contributed by atoms with Crippen LogP contribution in [0.3, 0.4) is 0 Å². The summed E-state index contributed by atoms with van der Waals surface area (Å²) < 4.78 is 0. The first-order valence-electron chi connectivity index (χ1n) is 9.57. The van der Waals surface area contributed by atoms with Crippen molar-refractivity contribution < 1.29 is 15.0 Å². The SMILES string of the molecule is O=C(O)CC/C=C\CC1CCN(Cc2ccccc2)C1c1cccc(O)c1. The van der Waals surface area contributed by atoms with Crippen molar-refractivity contribution in [1.29, 1.82) is 0 Å². The Kier molecular flexibility index (Phi) is 6.66. The smallest absolute Gasteiger partial charge is 0.303 e. The van der Waals surface area contributed by atoms with Gasteiger partial charge in [0, 0.05) is 19.0 Å². The van der Waals surface area contributed by atoms with Gasteiger partial charge < -0.3 is 10.2 Å². The van der Waals surface area contributed by atoms with Gasteiger partial charge >= 0.3 is 5.97 Å². The van der Waals surface area contributed by atoms with Gasteiger partial charge in [0.25, 0.3) is 0 Å². The lowest BCUT2D eigenvalue weighted by Crippen LogP contribution is -2.25. The summed E-state index contributed by atoms with van der Waals surface area (Å²) in [4.78, 5) is 13.1. The van der Waals surface area contributed by atoms with Crippen molar-refractivity contribution in [2.24, 2.45) is 5.92 Å². The van der Waals surface area contributed by atoms with E-state index in [4.69, 9.17) is 5.11 Å². The lowest BCUT2D eigenvalue weighted by molar-refractivity contribution is -0.136. The van der Waals surface area contributed by atoms with Gasteiger partial charge in [0.05, 0.1) is 0 Å². The Balaban J connectivity index is 1.73. The van der Waals surface area contributed by atoms with E-state index >= 15 is 0 Å². The highest BCUT2D eigenvalue weighted by Crippen LogP contribution is 2.41. The van der Waals surface area contributed by atoms with E-state index in [9.17, 15) is 9.90 Å². The second-order valence-corrected chi connectivity index (χ2v) is 7.18. The fourth-order valence-electron chi connectivity index (χ4n) is 3.96. The molecule has 0 aliphatic carbocycles. The van der Waals surface area contributed by atoms with E-state index in [0.717, 1.165) is 31.5 Å². The maximum absolute atomic E-state index is 10.6. The van der Waals surface area contributed by atoms with E-state index in [-0.39, 0.29) is 12.5 Å². The fourth-order valence-corrected chi connectivity index (χ4v) is 3.96. The molecule has 0 saturated carbocycles. The molecule has 0 radical (unpaired) electrons. The quantitative estimate of drug-likeness (QED) is 0.662. The van der Waals surface area contributed by atoms with Crippen molar-refractivity contribution in [3.63, 3.8) is 0 Å². The van der Waals surface area contributed by atoms with E-state index in [0.29, 0.717) is 18.1 Å². The average Bonchev–Trinajstić information content (AvgIpc) is 3.04. The summed E-state index contributed by atoms with van der Waals surface area (Å²) in [6.45, 7) is 1.91. The molecule has 1 heterocycles. The average molecular weight is 365 g/mol. The number of likely N-dealkylation sites (tertiary alicyclic amines) is 1. The van der Waals surface area contributed by atoms with Crippen LogP contribution in [0.1, 0.15) is 42.9 Å². The summed E-state index contributed by atoms with van der Waals surface area (Å²) in [7, 11) is 0. The molecule has 1 saturated heterocycles. The molecule has 0 amide bonds. The molecule has 27 heavy (non-hydrogen) atoms. The highest BCUT2D eigenvalue weighted by molar-refractivity contribution is 5.66. The van der Waals surface area contributed by atoms with Gasteiger partial charge in [0.15, 0.2) is 0 Å². The second kappa shape index (κ2) is 9.38. The Labute approximate surface area is 160 Å². The normalized spacial score (nSPS) is 20.3. The highest BCUT2D eigenvalue weighted by Gasteiger charge is 2.34. The van der Waals surface area contributed by atoms with Crippen LogP contribution in [0.4, 0.5) is 0 Å². The summed E-state index contributed by atoms with van der Waals surface area (Å²) >= 11 is 0. The highest BCUT2D eigenvalue weighted by atomic mass is 16.4. The molecule has 1 fully saturated rings. The maximum atomic E-state index is 10.6. The number of phenols is 1. The monoisotopic (exact) mass is 365 g/mol. The zero-order valence-corrected chi connectivity index (χ0v) is 15.5. The molecule has 4 nitrogen and oxygen atoms in total. The van der Waals surface area contributed by atoms with Gasteiger partial charge in [-0.05, 0) is 55.0 Å². The van der Waals surface area contributed by atoms with Crippen LogP contribution in [0.5, 0.6) is 5.75 Å². The minimum atomic E-state index is -0.757. The molecule has 2 aromatic carbocycles. The minimum absolute atomic E-state index is 0.178. The van der Waals surface area contributed by atoms with E-state index in [1.54, 1.807) is 6.07 Å². The van der Waals surface area contributed by atoms with Gasteiger partial charge in [-0.25, -0.2) is 0 Å². The number of hydrogen-bond acceptors (Lipinski definition) is 3. The second-order valence-electron chi connectivity index (χ2n) is 7.18. The molecule has 2 atom stereocenters. The minimum Gasteiger partial charge on any atom is -0.508 e. The summed E-state index contributed by atoms with van der Waals surface area (Å²) in [6.07, 6.45) is 6.87. The van der Waals surface area contributed by atoms with Gasteiger partial charge in [0.2, 0.25) is 0 Å². The van der Waals surface area contributed by atoms with Crippen molar-refractivity contribution in [3.8, 4) is 5.75 Å². The van der Waals surface area contributed by atoms with Crippen LogP contribution in [0, 0.1) is 5.92 Å². The zero-order valence-electron chi connectivity index (χ0n) is 15.5. The van der Waals surface area contributed by atoms with Crippen molar-refractivity contribution in [3.05, 3.63) is 77.9 Å². The molecular formula is C23H27NO3. The number of aliphatic carboxylic acids is 1. The van der Waals surface area contributed by atoms with Gasteiger partial charge in [-0.2, -0.15) is 0 Å². The molecule has 0 spiro atoms. The summed E-state index contributed by atoms with van der Waals surface area (Å²) in [5.41, 5.74) is 2.44. The Bertz CT molecular complexity index is 772. The van der Waals surface area contributed by atoms with Gasteiger partial charge in [-0.3, -0.25) is 9.69 Å². The van der Waals surface area contributed by atoms with Crippen LogP contribution >= 0.6 is 0 Å². The first kappa shape index (κ1) is 19.2. The number of phenolic OH excluding ortho intramolecular Hbond substituents is 1. The molecule has 1 aliphatic heterocycles. The van der Waals surface area contributed by atoms with Crippen molar-refractivity contribution in [2.45, 2.75) is 38.3 Å². The Hall–Kier alpha value is -2.59. The third-order valence-corrected chi connectivity index (χ3v) is 5.20. The van der Waals surface area contributed by atoms with E-state index < -0.39 is 5.97 Å². The van der Waals surface area contributed by atoms with Gasteiger partial charge in [-0.1, -0.05) is 54.6 Å². The van der Waals surface area contributed by atoms with Crippen LogP contribution in [-0.4, -0.2) is 27.6 Å². The van der Waals surface area contributed by atoms with Gasteiger partial charge in [0.1, 0.15) is 5.75 Å². The molecule has 0 bridgehead atoms. The van der Waals surface area contributed by atoms with Crippen molar-refractivity contribution >= 4 is 5.97 Å². The number of nitrogens with zero attached hydrogens (tertiary/aromatic N) is 1. The summed E-state index contributed by atoms with van der Waals surface area (Å²) in [5, 5.41) is 18.7. The third-order valence-electron chi connectivity index (χ3n) is 5.20. The number of aromatic hydroxyl groups is 1. The standard InChI is InChI=1S/C23H27NO3/c25-21-12-7-11-20(16-21)23-19(10-5-2-6-13-22(26)27)14-15-24(23)17-18-8-3-1-4-9-18/h1-5,7-9,11-12,16,19,23,25H,6,10,13-15,17H2,(H,26,27)/b5-2-. The number of benzene rings is 2. The van der Waals surface area contributed by atoms with E-state index in [1.807, 2.05) is 24.3 Å². The number of carboxylic acids is 1. The maximum Gasteiger partial charge on any atom is 0.303 e. The zero-order chi connectivity index (χ0) is 19.1. The molecule has 2 N–H and O–H groups in total. The van der Waals surface area contributed by atoms with E-state index in [1.165, 1.54) is 5.56 Å². The van der Waals surface area contributed by atoms with Crippen molar-refractivity contribution in [1.82, 2.24) is 4.90 Å². The predicted octanol–water partition coefficient (Wildman–Crippen LogP) is 4.77. The number of carboxylic acid groups (broad SMARTS) is 1. The molecule has 2 aromatic rings.